The first kappa shape index (κ1) is 12.8. The third kappa shape index (κ3) is 1.88. The summed E-state index contributed by atoms with van der Waals surface area (Å²) in [5, 5.41) is 11.9. The van der Waals surface area contributed by atoms with Crippen LogP contribution in [0.25, 0.3) is 0 Å². The molecule has 1 aromatic heterocycles. The van der Waals surface area contributed by atoms with Crippen molar-refractivity contribution in [1.82, 2.24) is 9.88 Å². The highest BCUT2D eigenvalue weighted by molar-refractivity contribution is 6.29. The summed E-state index contributed by atoms with van der Waals surface area (Å²) in [4.78, 5) is 19.2. The number of nitro groups is 1. The second kappa shape index (κ2) is 4.57. The monoisotopic (exact) mass is 308 g/mol. The zero-order valence-electron chi connectivity index (χ0n) is 11.1. The topological polar surface area (TPSA) is 71.7 Å². The highest BCUT2D eigenvalue weighted by Gasteiger charge is 2.51. The molecule has 1 aromatic rings. The lowest BCUT2D eigenvalue weighted by Crippen LogP contribution is -2.41. The van der Waals surface area contributed by atoms with E-state index in [-0.39, 0.29) is 16.8 Å². The molecule has 21 heavy (non-hydrogen) atoms. The van der Waals surface area contributed by atoms with Gasteiger partial charge in [0, 0.05) is 13.1 Å². The zero-order valence-corrected chi connectivity index (χ0v) is 11.9. The van der Waals surface area contributed by atoms with Crippen molar-refractivity contribution in [2.45, 2.75) is 25.2 Å². The van der Waals surface area contributed by atoms with Gasteiger partial charge in [-0.05, 0) is 25.0 Å². The Morgan fingerprint density at radius 3 is 2.95 bits per heavy atom. The average molecular weight is 309 g/mol. The van der Waals surface area contributed by atoms with E-state index in [0.717, 1.165) is 12.1 Å². The molecule has 3 aliphatic heterocycles. The van der Waals surface area contributed by atoms with E-state index in [9.17, 15) is 10.1 Å². The SMILES string of the molecule is O=[N+]([O-])C1=C2N(c3ccc(Cl)nc3)CCN2[C@@H]2CC[C@H]1O2. The number of rotatable bonds is 2. The molecule has 4 rings (SSSR count). The van der Waals surface area contributed by atoms with Gasteiger partial charge in [0.25, 0.3) is 0 Å². The number of fused-ring (bicyclic) bond motifs is 4. The number of nitrogens with zero attached hydrogens (tertiary/aromatic N) is 4. The van der Waals surface area contributed by atoms with Crippen molar-refractivity contribution in [1.29, 1.82) is 0 Å². The van der Waals surface area contributed by atoms with Crippen molar-refractivity contribution in [2.75, 3.05) is 18.0 Å². The van der Waals surface area contributed by atoms with E-state index in [1.54, 1.807) is 12.3 Å². The Kier molecular flexibility index (Phi) is 2.80. The molecule has 0 aliphatic carbocycles. The van der Waals surface area contributed by atoms with E-state index in [1.807, 2.05) is 15.9 Å². The second-order valence-electron chi connectivity index (χ2n) is 5.31. The fraction of sp³-hybridized carbons (Fsp3) is 0.462. The summed E-state index contributed by atoms with van der Waals surface area (Å²) < 4.78 is 5.75. The van der Waals surface area contributed by atoms with E-state index < -0.39 is 6.10 Å². The number of ether oxygens (including phenoxy) is 1. The first-order chi connectivity index (χ1) is 10.1. The molecule has 0 aromatic carbocycles. The molecule has 4 heterocycles. The molecule has 0 amide bonds. The Balaban J connectivity index is 1.81. The minimum atomic E-state index is -0.405. The summed E-state index contributed by atoms with van der Waals surface area (Å²) >= 11 is 5.81. The Morgan fingerprint density at radius 1 is 1.38 bits per heavy atom. The van der Waals surface area contributed by atoms with Crippen LogP contribution in [0, 0.1) is 10.1 Å². The quantitative estimate of drug-likeness (QED) is 0.471. The largest absolute Gasteiger partial charge is 0.344 e. The van der Waals surface area contributed by atoms with Gasteiger partial charge < -0.3 is 14.5 Å². The van der Waals surface area contributed by atoms with Gasteiger partial charge in [-0.3, -0.25) is 10.1 Å². The van der Waals surface area contributed by atoms with E-state index in [0.29, 0.717) is 30.5 Å². The molecule has 110 valence electrons. The minimum Gasteiger partial charge on any atom is -0.344 e. The van der Waals surface area contributed by atoms with E-state index >= 15 is 0 Å². The Hall–Kier alpha value is -1.86. The summed E-state index contributed by atoms with van der Waals surface area (Å²) in [6.45, 7) is 1.40. The van der Waals surface area contributed by atoms with E-state index in [4.69, 9.17) is 16.3 Å². The molecule has 7 nitrogen and oxygen atoms in total. The Morgan fingerprint density at radius 2 is 2.24 bits per heavy atom. The maximum absolute atomic E-state index is 11.5. The minimum absolute atomic E-state index is 0.0426. The molecule has 2 saturated heterocycles. The second-order valence-corrected chi connectivity index (χ2v) is 5.69. The number of halogens is 1. The smallest absolute Gasteiger partial charge is 0.315 e. The summed E-state index contributed by atoms with van der Waals surface area (Å²) in [6, 6.07) is 3.53. The van der Waals surface area contributed by atoms with Crippen LogP contribution in [0.1, 0.15) is 12.8 Å². The van der Waals surface area contributed by atoms with Gasteiger partial charge >= 0.3 is 5.70 Å². The number of anilines is 1. The molecule has 2 atom stereocenters. The van der Waals surface area contributed by atoms with Gasteiger partial charge in [0.2, 0.25) is 0 Å². The van der Waals surface area contributed by atoms with Crippen molar-refractivity contribution in [2.24, 2.45) is 0 Å². The predicted octanol–water partition coefficient (Wildman–Crippen LogP) is 1.82. The lowest BCUT2D eigenvalue weighted by Gasteiger charge is -2.32. The van der Waals surface area contributed by atoms with Crippen molar-refractivity contribution < 1.29 is 9.66 Å². The van der Waals surface area contributed by atoms with Crippen LogP contribution >= 0.6 is 11.6 Å². The molecule has 3 aliphatic rings. The Bertz CT molecular complexity index is 633. The van der Waals surface area contributed by atoms with Crippen LogP contribution in [-0.2, 0) is 4.74 Å². The maximum Gasteiger partial charge on any atom is 0.315 e. The average Bonchev–Trinajstić information content (AvgIpc) is 3.06. The molecule has 0 saturated carbocycles. The molecule has 0 spiro atoms. The van der Waals surface area contributed by atoms with Gasteiger partial charge in [-0.25, -0.2) is 4.98 Å². The molecule has 2 fully saturated rings. The van der Waals surface area contributed by atoms with E-state index in [2.05, 4.69) is 4.98 Å². The molecule has 8 heteroatoms. The standard InChI is InChI=1S/C13H13ClN4O3/c14-10-3-1-8(7-15-10)16-5-6-17-11-4-2-9(21-11)12(13(16)17)18(19)20/h1,3,7,9,11H,2,4-6H2/t9-,11+/m1/s1. The van der Waals surface area contributed by atoms with Gasteiger partial charge in [0.1, 0.15) is 11.4 Å². The van der Waals surface area contributed by atoms with Crippen LogP contribution in [0.3, 0.4) is 0 Å². The van der Waals surface area contributed by atoms with Gasteiger partial charge in [-0.2, -0.15) is 0 Å². The summed E-state index contributed by atoms with van der Waals surface area (Å²) in [5.41, 5.74) is 0.980. The highest BCUT2D eigenvalue weighted by atomic mass is 35.5. The number of hydrogen-bond acceptors (Lipinski definition) is 6. The first-order valence-electron chi connectivity index (χ1n) is 6.85. The number of hydrogen-bond donors (Lipinski definition) is 0. The Labute approximate surface area is 125 Å². The molecule has 0 radical (unpaired) electrons. The third-order valence-electron chi connectivity index (χ3n) is 4.19. The molecular formula is C13H13ClN4O3. The van der Waals surface area contributed by atoms with Crippen molar-refractivity contribution >= 4 is 17.3 Å². The molecule has 0 unspecified atom stereocenters. The first-order valence-corrected chi connectivity index (χ1v) is 7.22. The van der Waals surface area contributed by atoms with Crippen molar-refractivity contribution in [3.05, 3.63) is 45.1 Å². The van der Waals surface area contributed by atoms with Gasteiger partial charge in [-0.1, -0.05) is 11.6 Å². The van der Waals surface area contributed by atoms with E-state index in [1.165, 1.54) is 0 Å². The van der Waals surface area contributed by atoms with Gasteiger partial charge in [0.15, 0.2) is 11.9 Å². The van der Waals surface area contributed by atoms with Gasteiger partial charge in [-0.15, -0.1) is 0 Å². The third-order valence-corrected chi connectivity index (χ3v) is 4.41. The van der Waals surface area contributed by atoms with Crippen LogP contribution in [0.5, 0.6) is 0 Å². The fourth-order valence-electron chi connectivity index (χ4n) is 3.31. The lowest BCUT2D eigenvalue weighted by atomic mass is 10.2. The molecule has 2 bridgehead atoms. The van der Waals surface area contributed by atoms with Gasteiger partial charge in [0.05, 0.1) is 16.8 Å². The van der Waals surface area contributed by atoms with Crippen LogP contribution < -0.4 is 4.90 Å². The van der Waals surface area contributed by atoms with Crippen LogP contribution in [0.15, 0.2) is 29.8 Å². The predicted molar refractivity (Wildman–Crippen MR) is 75.2 cm³/mol. The van der Waals surface area contributed by atoms with Crippen LogP contribution in [0.4, 0.5) is 5.69 Å². The number of aromatic nitrogens is 1. The van der Waals surface area contributed by atoms with Crippen molar-refractivity contribution in [3.8, 4) is 0 Å². The summed E-state index contributed by atoms with van der Waals surface area (Å²) in [6.07, 6.45) is 2.73. The summed E-state index contributed by atoms with van der Waals surface area (Å²) in [7, 11) is 0. The fourth-order valence-corrected chi connectivity index (χ4v) is 3.42. The highest BCUT2D eigenvalue weighted by Crippen LogP contribution is 2.42. The maximum atomic E-state index is 11.5. The van der Waals surface area contributed by atoms with Crippen LogP contribution in [-0.4, -0.2) is 40.2 Å². The normalized spacial score (nSPS) is 27.3. The van der Waals surface area contributed by atoms with Crippen molar-refractivity contribution in [3.63, 3.8) is 0 Å². The lowest BCUT2D eigenvalue weighted by molar-refractivity contribution is -0.442. The zero-order chi connectivity index (χ0) is 14.6. The van der Waals surface area contributed by atoms with Crippen LogP contribution in [0.2, 0.25) is 5.15 Å². The molecular weight excluding hydrogens is 296 g/mol. The number of pyridine rings is 1. The molecule has 0 N–H and O–H groups in total. The summed E-state index contributed by atoms with van der Waals surface area (Å²) in [5.74, 6) is 0.655.